The number of benzene rings is 2. The van der Waals surface area contributed by atoms with E-state index in [1.807, 2.05) is 66.9 Å². The number of carbonyl (C=O) groups is 1. The van der Waals surface area contributed by atoms with Crippen LogP contribution in [0, 0.1) is 6.92 Å². The smallest absolute Gasteiger partial charge is 0.234 e. The van der Waals surface area contributed by atoms with Crippen LogP contribution in [-0.2, 0) is 11.3 Å². The van der Waals surface area contributed by atoms with Gasteiger partial charge in [-0.1, -0.05) is 42.1 Å². The number of hydrogen-bond donors (Lipinski definition) is 2. The minimum absolute atomic E-state index is 0.0734. The predicted molar refractivity (Wildman–Crippen MR) is 106 cm³/mol. The number of nitrogen functional groups attached to an aromatic ring is 1. The lowest BCUT2D eigenvalue weighted by atomic mass is 10.1. The number of rotatable bonds is 6. The van der Waals surface area contributed by atoms with Crippen molar-refractivity contribution in [1.82, 2.24) is 14.8 Å². The maximum Gasteiger partial charge on any atom is 0.234 e. The Kier molecular flexibility index (Phi) is 5.58. The Morgan fingerprint density at radius 3 is 2.62 bits per heavy atom. The number of anilines is 2. The maximum atomic E-state index is 12.3. The first-order valence-electron chi connectivity index (χ1n) is 8.36. The third-order valence-corrected chi connectivity index (χ3v) is 4.95. The van der Waals surface area contributed by atoms with E-state index in [4.69, 9.17) is 5.73 Å². The second-order valence-electron chi connectivity index (χ2n) is 5.79. The maximum absolute atomic E-state index is 12.3. The summed E-state index contributed by atoms with van der Waals surface area (Å²) < 4.78 is 1.97. The first-order chi connectivity index (χ1) is 12.6. The van der Waals surface area contributed by atoms with Crippen molar-refractivity contribution in [3.8, 4) is 11.4 Å². The van der Waals surface area contributed by atoms with Gasteiger partial charge in [-0.05, 0) is 37.6 Å². The number of para-hydroxylation sites is 2. The summed E-state index contributed by atoms with van der Waals surface area (Å²) in [6.45, 7) is 4.68. The molecular formula is C19H21N5OS. The van der Waals surface area contributed by atoms with Crippen LogP contribution >= 0.6 is 11.8 Å². The number of aryl methyl sites for hydroxylation is 1. The summed E-state index contributed by atoms with van der Waals surface area (Å²) in [5, 5.41) is 12.1. The van der Waals surface area contributed by atoms with E-state index in [9.17, 15) is 4.79 Å². The van der Waals surface area contributed by atoms with Gasteiger partial charge in [0.2, 0.25) is 5.91 Å². The van der Waals surface area contributed by atoms with Crippen molar-refractivity contribution in [3.05, 3.63) is 54.1 Å². The molecule has 0 aliphatic heterocycles. The average Bonchev–Trinajstić information content (AvgIpc) is 3.05. The molecule has 1 amide bonds. The van der Waals surface area contributed by atoms with Gasteiger partial charge in [-0.25, -0.2) is 0 Å². The Hall–Kier alpha value is -2.80. The van der Waals surface area contributed by atoms with Crippen LogP contribution < -0.4 is 11.1 Å². The van der Waals surface area contributed by atoms with Crippen LogP contribution in [0.4, 0.5) is 11.4 Å². The van der Waals surface area contributed by atoms with E-state index in [2.05, 4.69) is 15.5 Å². The van der Waals surface area contributed by atoms with Crippen LogP contribution in [0.2, 0.25) is 0 Å². The minimum Gasteiger partial charge on any atom is -0.398 e. The van der Waals surface area contributed by atoms with Gasteiger partial charge in [0.15, 0.2) is 11.0 Å². The molecule has 3 N–H and O–H groups in total. The molecule has 0 unspecified atom stereocenters. The molecule has 0 atom stereocenters. The second-order valence-corrected chi connectivity index (χ2v) is 6.73. The fourth-order valence-electron chi connectivity index (χ4n) is 2.61. The monoisotopic (exact) mass is 367 g/mol. The Labute approximate surface area is 156 Å². The van der Waals surface area contributed by atoms with Crippen molar-refractivity contribution in [3.63, 3.8) is 0 Å². The van der Waals surface area contributed by atoms with Gasteiger partial charge in [0.25, 0.3) is 0 Å². The highest BCUT2D eigenvalue weighted by Gasteiger charge is 2.16. The summed E-state index contributed by atoms with van der Waals surface area (Å²) in [5.41, 5.74) is 9.42. The van der Waals surface area contributed by atoms with Crippen molar-refractivity contribution >= 4 is 29.0 Å². The molecule has 7 heteroatoms. The summed E-state index contributed by atoms with van der Waals surface area (Å²) in [6.07, 6.45) is 0. The van der Waals surface area contributed by atoms with Crippen molar-refractivity contribution in [2.24, 2.45) is 0 Å². The largest absolute Gasteiger partial charge is 0.398 e. The minimum atomic E-state index is -0.0734. The summed E-state index contributed by atoms with van der Waals surface area (Å²) >= 11 is 1.36. The van der Waals surface area contributed by atoms with E-state index in [1.165, 1.54) is 11.8 Å². The van der Waals surface area contributed by atoms with Crippen molar-refractivity contribution in [2.75, 3.05) is 16.8 Å². The number of hydrogen-bond acceptors (Lipinski definition) is 5. The number of thioether (sulfide) groups is 1. The zero-order valence-electron chi connectivity index (χ0n) is 14.8. The standard InChI is InChI=1S/C19H21N5OS/c1-3-24-18(14-9-5-6-10-15(14)20)22-23-19(24)26-12-17(25)21-16-11-7-4-8-13(16)2/h4-11H,3,12,20H2,1-2H3,(H,21,25). The van der Waals surface area contributed by atoms with Crippen molar-refractivity contribution < 1.29 is 4.79 Å². The molecule has 3 aromatic rings. The number of aromatic nitrogens is 3. The third kappa shape index (κ3) is 3.88. The lowest BCUT2D eigenvalue weighted by molar-refractivity contribution is -0.113. The van der Waals surface area contributed by atoms with Crippen LogP contribution in [-0.4, -0.2) is 26.4 Å². The molecule has 0 aliphatic carbocycles. The Morgan fingerprint density at radius 2 is 1.88 bits per heavy atom. The molecule has 0 saturated heterocycles. The van der Waals surface area contributed by atoms with Gasteiger partial charge in [0, 0.05) is 23.5 Å². The van der Waals surface area contributed by atoms with Gasteiger partial charge in [-0.2, -0.15) is 0 Å². The zero-order valence-corrected chi connectivity index (χ0v) is 15.6. The molecule has 0 spiro atoms. The van der Waals surface area contributed by atoms with E-state index in [1.54, 1.807) is 0 Å². The van der Waals surface area contributed by atoms with Crippen LogP contribution in [0.3, 0.4) is 0 Å². The van der Waals surface area contributed by atoms with Crippen LogP contribution in [0.15, 0.2) is 53.7 Å². The number of nitrogens with one attached hydrogen (secondary N) is 1. The molecule has 26 heavy (non-hydrogen) atoms. The third-order valence-electron chi connectivity index (χ3n) is 3.99. The average molecular weight is 367 g/mol. The highest BCUT2D eigenvalue weighted by Crippen LogP contribution is 2.27. The number of amides is 1. The molecular weight excluding hydrogens is 346 g/mol. The lowest BCUT2D eigenvalue weighted by Crippen LogP contribution is -2.15. The topological polar surface area (TPSA) is 85.8 Å². The molecule has 1 aromatic heterocycles. The predicted octanol–water partition coefficient (Wildman–Crippen LogP) is 3.59. The molecule has 134 valence electrons. The Balaban J connectivity index is 1.72. The molecule has 3 rings (SSSR count). The summed E-state index contributed by atoms with van der Waals surface area (Å²) in [5.74, 6) is 0.902. The first kappa shape index (κ1) is 18.0. The van der Waals surface area contributed by atoms with Gasteiger partial charge < -0.3 is 15.6 Å². The fourth-order valence-corrected chi connectivity index (χ4v) is 3.41. The second kappa shape index (κ2) is 8.05. The van der Waals surface area contributed by atoms with Crippen molar-refractivity contribution in [1.29, 1.82) is 0 Å². The zero-order chi connectivity index (χ0) is 18.5. The number of carbonyl (C=O) groups excluding carboxylic acids is 1. The molecule has 2 aromatic carbocycles. The van der Waals surface area contributed by atoms with Gasteiger partial charge in [0.1, 0.15) is 0 Å². The lowest BCUT2D eigenvalue weighted by Gasteiger charge is -2.10. The quantitative estimate of drug-likeness (QED) is 0.514. The highest BCUT2D eigenvalue weighted by molar-refractivity contribution is 7.99. The molecule has 1 heterocycles. The van der Waals surface area contributed by atoms with Crippen molar-refractivity contribution in [2.45, 2.75) is 25.5 Å². The van der Waals surface area contributed by atoms with Gasteiger partial charge in [0.05, 0.1) is 5.75 Å². The molecule has 0 bridgehead atoms. The first-order valence-corrected chi connectivity index (χ1v) is 9.35. The van der Waals surface area contributed by atoms with Crippen LogP contribution in [0.5, 0.6) is 0 Å². The van der Waals surface area contributed by atoms with E-state index in [-0.39, 0.29) is 11.7 Å². The summed E-state index contributed by atoms with van der Waals surface area (Å²) in [4.78, 5) is 12.3. The van der Waals surface area contributed by atoms with Gasteiger partial charge >= 0.3 is 0 Å². The van der Waals surface area contributed by atoms with Gasteiger partial charge in [-0.15, -0.1) is 10.2 Å². The van der Waals surface area contributed by atoms with E-state index in [0.29, 0.717) is 23.2 Å². The Bertz CT molecular complexity index is 922. The summed E-state index contributed by atoms with van der Waals surface area (Å²) in [7, 11) is 0. The number of nitrogens with two attached hydrogens (primary N) is 1. The summed E-state index contributed by atoms with van der Waals surface area (Å²) in [6, 6.07) is 15.3. The van der Waals surface area contributed by atoms with E-state index in [0.717, 1.165) is 16.8 Å². The molecule has 0 aliphatic rings. The van der Waals surface area contributed by atoms with Crippen LogP contribution in [0.1, 0.15) is 12.5 Å². The van der Waals surface area contributed by atoms with E-state index < -0.39 is 0 Å². The van der Waals surface area contributed by atoms with Gasteiger partial charge in [-0.3, -0.25) is 4.79 Å². The van der Waals surface area contributed by atoms with Crippen LogP contribution in [0.25, 0.3) is 11.4 Å². The SMILES string of the molecule is CCn1c(SCC(=O)Nc2ccccc2C)nnc1-c1ccccc1N. The fraction of sp³-hybridized carbons (Fsp3) is 0.211. The molecule has 0 fully saturated rings. The molecule has 0 saturated carbocycles. The Morgan fingerprint density at radius 1 is 1.15 bits per heavy atom. The highest BCUT2D eigenvalue weighted by atomic mass is 32.2. The molecule has 6 nitrogen and oxygen atoms in total. The molecule has 0 radical (unpaired) electrons. The number of nitrogens with zero attached hydrogens (tertiary/aromatic N) is 3. The van der Waals surface area contributed by atoms with E-state index >= 15 is 0 Å². The normalized spacial score (nSPS) is 10.7.